The lowest BCUT2D eigenvalue weighted by Crippen LogP contribution is -2.12. The van der Waals surface area contributed by atoms with Gasteiger partial charge in [-0.2, -0.15) is 0 Å². The highest BCUT2D eigenvalue weighted by atomic mass is 16.5. The lowest BCUT2D eigenvalue weighted by molar-refractivity contribution is 0.0461. The number of hydrogen-bond acceptors (Lipinski definition) is 6. The van der Waals surface area contributed by atoms with Gasteiger partial charge in [0.2, 0.25) is 0 Å². The van der Waals surface area contributed by atoms with E-state index in [4.69, 9.17) is 4.74 Å². The van der Waals surface area contributed by atoms with Crippen molar-refractivity contribution in [3.63, 3.8) is 0 Å². The Morgan fingerprint density at radius 2 is 1.81 bits per heavy atom. The minimum Gasteiger partial charge on any atom is -0.505 e. The molecule has 0 spiro atoms. The summed E-state index contributed by atoms with van der Waals surface area (Å²) in [5, 5.41) is 9.64. The molecule has 0 aliphatic heterocycles. The Morgan fingerprint density at radius 1 is 1.10 bits per heavy atom. The number of carbonyl (C=O) groups excluding carboxylic acids is 2. The third-order valence-corrected chi connectivity index (χ3v) is 2.67. The summed E-state index contributed by atoms with van der Waals surface area (Å²) in [6, 6.07) is 11.5. The summed E-state index contributed by atoms with van der Waals surface area (Å²) < 4.78 is 9.55. The topological polar surface area (TPSA) is 85.7 Å². The molecule has 1 N–H and O–H groups in total. The molecule has 0 fully saturated rings. The summed E-state index contributed by atoms with van der Waals surface area (Å²) in [7, 11) is 1.20. The molecule has 0 bridgehead atoms. The highest BCUT2D eigenvalue weighted by molar-refractivity contribution is 5.93. The van der Waals surface area contributed by atoms with Crippen LogP contribution in [0.15, 0.2) is 42.5 Å². The van der Waals surface area contributed by atoms with Crippen molar-refractivity contribution in [2.75, 3.05) is 7.11 Å². The van der Waals surface area contributed by atoms with Crippen LogP contribution in [0.1, 0.15) is 26.5 Å². The summed E-state index contributed by atoms with van der Waals surface area (Å²) >= 11 is 0. The van der Waals surface area contributed by atoms with Crippen molar-refractivity contribution in [1.29, 1.82) is 0 Å². The molecule has 6 nitrogen and oxygen atoms in total. The van der Waals surface area contributed by atoms with Crippen molar-refractivity contribution < 1.29 is 24.2 Å². The Balaban J connectivity index is 2.13. The second kappa shape index (κ2) is 6.51. The zero-order chi connectivity index (χ0) is 15.2. The van der Waals surface area contributed by atoms with Crippen molar-refractivity contribution in [3.05, 3.63) is 59.4 Å². The average molecular weight is 287 g/mol. The van der Waals surface area contributed by atoms with E-state index in [9.17, 15) is 14.7 Å². The van der Waals surface area contributed by atoms with Gasteiger partial charge < -0.3 is 14.6 Å². The number of rotatable bonds is 4. The molecule has 21 heavy (non-hydrogen) atoms. The average Bonchev–Trinajstić information content (AvgIpc) is 2.53. The minimum atomic E-state index is -0.817. The molecule has 2 rings (SSSR count). The molecule has 2 aromatic rings. The van der Waals surface area contributed by atoms with E-state index in [1.54, 1.807) is 12.1 Å². The van der Waals surface area contributed by atoms with Gasteiger partial charge >= 0.3 is 11.9 Å². The number of nitrogens with zero attached hydrogens (tertiary/aromatic N) is 1. The fourth-order valence-corrected chi connectivity index (χ4v) is 1.61. The molecule has 6 heteroatoms. The van der Waals surface area contributed by atoms with Gasteiger partial charge in [0.05, 0.1) is 7.11 Å². The van der Waals surface area contributed by atoms with Gasteiger partial charge in [0.1, 0.15) is 18.1 Å². The molecule has 1 aromatic carbocycles. The molecule has 108 valence electrons. The molecule has 0 aliphatic rings. The van der Waals surface area contributed by atoms with E-state index >= 15 is 0 Å². The van der Waals surface area contributed by atoms with Gasteiger partial charge in [-0.25, -0.2) is 14.6 Å². The van der Waals surface area contributed by atoms with Crippen LogP contribution in [0.25, 0.3) is 0 Å². The molecule has 0 unspecified atom stereocenters. The van der Waals surface area contributed by atoms with Gasteiger partial charge in [0, 0.05) is 0 Å². The number of hydrogen-bond donors (Lipinski definition) is 1. The quantitative estimate of drug-likeness (QED) is 0.865. The maximum atomic E-state index is 11.9. The number of esters is 2. The summed E-state index contributed by atoms with van der Waals surface area (Å²) in [6.07, 6.45) is 0. The molecule has 0 amide bonds. The van der Waals surface area contributed by atoms with Crippen LogP contribution in [0.3, 0.4) is 0 Å². The second-order valence-electron chi connectivity index (χ2n) is 4.12. The van der Waals surface area contributed by atoms with Crippen molar-refractivity contribution in [2.45, 2.75) is 6.61 Å². The largest absolute Gasteiger partial charge is 0.505 e. The first kappa shape index (κ1) is 14.5. The van der Waals surface area contributed by atoms with Gasteiger partial charge in [0.25, 0.3) is 0 Å². The van der Waals surface area contributed by atoms with E-state index in [0.717, 1.165) is 5.56 Å². The Kier molecular flexibility index (Phi) is 4.50. The summed E-state index contributed by atoms with van der Waals surface area (Å²) in [5.41, 5.74) is 0.394. The lowest BCUT2D eigenvalue weighted by Gasteiger charge is -2.07. The van der Waals surface area contributed by atoms with E-state index in [0.29, 0.717) is 0 Å². The predicted octanol–water partition coefficient (Wildman–Crippen LogP) is 1.93. The Morgan fingerprint density at radius 3 is 2.48 bits per heavy atom. The van der Waals surface area contributed by atoms with E-state index in [1.807, 2.05) is 18.2 Å². The second-order valence-corrected chi connectivity index (χ2v) is 4.12. The summed E-state index contributed by atoms with van der Waals surface area (Å²) in [4.78, 5) is 27.0. The van der Waals surface area contributed by atoms with Crippen LogP contribution in [0, 0.1) is 0 Å². The Bertz CT molecular complexity index is 654. The Labute approximate surface area is 121 Å². The SMILES string of the molecule is COC(=O)c1ccc(O)c(C(=O)OCc2ccccc2)n1. The highest BCUT2D eigenvalue weighted by Crippen LogP contribution is 2.17. The first-order chi connectivity index (χ1) is 10.1. The molecule has 0 aliphatic carbocycles. The smallest absolute Gasteiger partial charge is 0.361 e. The number of pyridine rings is 1. The van der Waals surface area contributed by atoms with E-state index in [-0.39, 0.29) is 23.7 Å². The zero-order valence-corrected chi connectivity index (χ0v) is 11.3. The molecular weight excluding hydrogens is 274 g/mol. The van der Waals surface area contributed by atoms with Crippen LogP contribution in [-0.2, 0) is 16.1 Å². The van der Waals surface area contributed by atoms with Gasteiger partial charge in [-0.3, -0.25) is 0 Å². The maximum Gasteiger partial charge on any atom is 0.361 e. The van der Waals surface area contributed by atoms with Crippen LogP contribution < -0.4 is 0 Å². The third-order valence-electron chi connectivity index (χ3n) is 2.67. The number of ether oxygens (including phenoxy) is 2. The first-order valence-electron chi connectivity index (χ1n) is 6.11. The highest BCUT2D eigenvalue weighted by Gasteiger charge is 2.18. The molecular formula is C15H13NO5. The number of methoxy groups -OCH3 is 1. The normalized spacial score (nSPS) is 9.95. The minimum absolute atomic E-state index is 0.0449. The number of aromatic hydroxyl groups is 1. The summed E-state index contributed by atoms with van der Waals surface area (Å²) in [6.45, 7) is 0.0449. The number of carbonyl (C=O) groups is 2. The fourth-order valence-electron chi connectivity index (χ4n) is 1.61. The third kappa shape index (κ3) is 3.56. The van der Waals surface area contributed by atoms with Crippen molar-refractivity contribution in [1.82, 2.24) is 4.98 Å². The van der Waals surface area contributed by atoms with Gasteiger partial charge in [-0.05, 0) is 17.7 Å². The van der Waals surface area contributed by atoms with Crippen molar-refractivity contribution in [3.8, 4) is 5.75 Å². The summed E-state index contributed by atoms with van der Waals surface area (Å²) in [5.74, 6) is -1.88. The predicted molar refractivity (Wildman–Crippen MR) is 72.8 cm³/mol. The van der Waals surface area contributed by atoms with E-state index in [2.05, 4.69) is 9.72 Å². The monoisotopic (exact) mass is 287 g/mol. The van der Waals surface area contributed by atoms with Crippen LogP contribution in [0.5, 0.6) is 5.75 Å². The van der Waals surface area contributed by atoms with E-state index < -0.39 is 11.9 Å². The van der Waals surface area contributed by atoms with Crippen molar-refractivity contribution >= 4 is 11.9 Å². The number of benzene rings is 1. The molecule has 1 heterocycles. The first-order valence-corrected chi connectivity index (χ1v) is 6.11. The maximum absolute atomic E-state index is 11.9. The van der Waals surface area contributed by atoms with Crippen LogP contribution in [0.4, 0.5) is 0 Å². The standard InChI is InChI=1S/C15H13NO5/c1-20-14(18)11-7-8-12(17)13(16-11)15(19)21-9-10-5-3-2-4-6-10/h2-8,17H,9H2,1H3. The zero-order valence-electron chi connectivity index (χ0n) is 11.3. The van der Waals surface area contributed by atoms with Gasteiger partial charge in [-0.15, -0.1) is 0 Å². The Hall–Kier alpha value is -2.89. The van der Waals surface area contributed by atoms with Crippen molar-refractivity contribution in [2.24, 2.45) is 0 Å². The molecule has 0 atom stereocenters. The molecule has 0 saturated carbocycles. The van der Waals surface area contributed by atoms with Gasteiger partial charge in [-0.1, -0.05) is 30.3 Å². The van der Waals surface area contributed by atoms with Crippen LogP contribution >= 0.6 is 0 Å². The molecule has 0 saturated heterocycles. The fraction of sp³-hybridized carbons (Fsp3) is 0.133. The number of aromatic nitrogens is 1. The van der Waals surface area contributed by atoms with Crippen LogP contribution in [0.2, 0.25) is 0 Å². The molecule has 1 aromatic heterocycles. The van der Waals surface area contributed by atoms with E-state index in [1.165, 1.54) is 19.2 Å². The molecule has 0 radical (unpaired) electrons. The van der Waals surface area contributed by atoms with Gasteiger partial charge in [0.15, 0.2) is 5.69 Å². The lowest BCUT2D eigenvalue weighted by atomic mass is 10.2. The van der Waals surface area contributed by atoms with Crippen LogP contribution in [-0.4, -0.2) is 29.1 Å².